The molecular weight excluding hydrogens is 206 g/mol. The normalized spacial score (nSPS) is 23.3. The predicted molar refractivity (Wildman–Crippen MR) is 65.1 cm³/mol. The van der Waals surface area contributed by atoms with Gasteiger partial charge in [-0.15, -0.1) is 11.8 Å². The van der Waals surface area contributed by atoms with Crippen molar-refractivity contribution in [2.45, 2.75) is 50.2 Å². The summed E-state index contributed by atoms with van der Waals surface area (Å²) in [5, 5.41) is 0.777. The molecule has 2 fully saturated rings. The summed E-state index contributed by atoms with van der Waals surface area (Å²) in [4.78, 5) is 13.9. The van der Waals surface area contributed by atoms with Crippen LogP contribution >= 0.6 is 11.8 Å². The van der Waals surface area contributed by atoms with Crippen molar-refractivity contribution < 1.29 is 4.79 Å². The number of nitrogens with zero attached hydrogens (tertiary/aromatic N) is 1. The summed E-state index contributed by atoms with van der Waals surface area (Å²) in [7, 11) is 0. The van der Waals surface area contributed by atoms with Crippen LogP contribution in [0.1, 0.15) is 44.9 Å². The summed E-state index contributed by atoms with van der Waals surface area (Å²) in [6.45, 7) is 2.01. The molecule has 86 valence electrons. The number of likely N-dealkylation sites (tertiary alicyclic amines) is 1. The van der Waals surface area contributed by atoms with Crippen LogP contribution < -0.4 is 0 Å². The highest BCUT2D eigenvalue weighted by molar-refractivity contribution is 8.00. The molecular formula is C12H21NOS. The quantitative estimate of drug-likeness (QED) is 0.739. The van der Waals surface area contributed by atoms with Gasteiger partial charge in [0.1, 0.15) is 0 Å². The van der Waals surface area contributed by atoms with Crippen LogP contribution in [0.5, 0.6) is 0 Å². The number of amides is 1. The van der Waals surface area contributed by atoms with Gasteiger partial charge in [-0.05, 0) is 32.1 Å². The van der Waals surface area contributed by atoms with Gasteiger partial charge in [0.25, 0.3) is 0 Å². The second-order valence-electron chi connectivity index (χ2n) is 4.66. The second kappa shape index (κ2) is 5.78. The van der Waals surface area contributed by atoms with Crippen molar-refractivity contribution >= 4 is 17.7 Å². The van der Waals surface area contributed by atoms with E-state index in [4.69, 9.17) is 0 Å². The van der Waals surface area contributed by atoms with E-state index in [0.29, 0.717) is 5.91 Å². The number of carbonyl (C=O) groups excluding carboxylic acids is 1. The summed E-state index contributed by atoms with van der Waals surface area (Å²) < 4.78 is 0. The molecule has 1 saturated carbocycles. The molecule has 0 spiro atoms. The van der Waals surface area contributed by atoms with Gasteiger partial charge in [-0.1, -0.05) is 12.8 Å². The number of hydrogen-bond donors (Lipinski definition) is 0. The number of thioether (sulfide) groups is 1. The third-order valence-electron chi connectivity index (χ3n) is 3.45. The fourth-order valence-electron chi connectivity index (χ4n) is 2.48. The van der Waals surface area contributed by atoms with Crippen LogP contribution in [0.25, 0.3) is 0 Å². The van der Waals surface area contributed by atoms with E-state index in [-0.39, 0.29) is 0 Å². The Morgan fingerprint density at radius 3 is 2.40 bits per heavy atom. The van der Waals surface area contributed by atoms with E-state index in [1.165, 1.54) is 44.9 Å². The van der Waals surface area contributed by atoms with Gasteiger partial charge in [0.2, 0.25) is 5.91 Å². The molecule has 0 bridgehead atoms. The van der Waals surface area contributed by atoms with Gasteiger partial charge < -0.3 is 4.90 Å². The molecule has 0 unspecified atom stereocenters. The van der Waals surface area contributed by atoms with Crippen LogP contribution in [-0.4, -0.2) is 34.9 Å². The van der Waals surface area contributed by atoms with Crippen LogP contribution in [0.2, 0.25) is 0 Å². The molecule has 0 aromatic carbocycles. The minimum absolute atomic E-state index is 0.381. The molecule has 2 nitrogen and oxygen atoms in total. The monoisotopic (exact) mass is 227 g/mol. The zero-order valence-electron chi connectivity index (χ0n) is 9.41. The average molecular weight is 227 g/mol. The summed E-state index contributed by atoms with van der Waals surface area (Å²) in [6.07, 6.45) is 9.13. The van der Waals surface area contributed by atoms with Crippen molar-refractivity contribution in [1.82, 2.24) is 4.90 Å². The molecule has 2 aliphatic rings. The third-order valence-corrected chi connectivity index (χ3v) is 4.81. The molecule has 0 atom stereocenters. The second-order valence-corrected chi connectivity index (χ2v) is 5.95. The van der Waals surface area contributed by atoms with E-state index in [1.54, 1.807) is 0 Å². The van der Waals surface area contributed by atoms with Crippen molar-refractivity contribution in [2.24, 2.45) is 0 Å². The lowest BCUT2D eigenvalue weighted by Gasteiger charge is -2.27. The van der Waals surface area contributed by atoms with Crippen molar-refractivity contribution in [1.29, 1.82) is 0 Å². The molecule has 1 heterocycles. The Balaban J connectivity index is 1.66. The molecule has 0 radical (unpaired) electrons. The maximum atomic E-state index is 11.9. The lowest BCUT2D eigenvalue weighted by Crippen LogP contribution is -2.37. The Labute approximate surface area is 96.8 Å². The zero-order chi connectivity index (χ0) is 10.5. The Bertz CT molecular complexity index is 208. The zero-order valence-corrected chi connectivity index (χ0v) is 10.2. The summed E-state index contributed by atoms with van der Waals surface area (Å²) in [6, 6.07) is 0. The summed E-state index contributed by atoms with van der Waals surface area (Å²) >= 11 is 1.89. The van der Waals surface area contributed by atoms with Gasteiger partial charge in [-0.2, -0.15) is 0 Å². The van der Waals surface area contributed by atoms with Crippen LogP contribution in [0, 0.1) is 0 Å². The van der Waals surface area contributed by atoms with Gasteiger partial charge in [-0.3, -0.25) is 4.79 Å². The fraction of sp³-hybridized carbons (Fsp3) is 0.917. The van der Waals surface area contributed by atoms with Crippen molar-refractivity contribution in [3.63, 3.8) is 0 Å². The van der Waals surface area contributed by atoms with Crippen LogP contribution in [0.15, 0.2) is 0 Å². The number of hydrogen-bond acceptors (Lipinski definition) is 2. The van der Waals surface area contributed by atoms with E-state index in [9.17, 15) is 4.79 Å². The van der Waals surface area contributed by atoms with E-state index >= 15 is 0 Å². The Hall–Kier alpha value is -0.180. The molecule has 1 saturated heterocycles. The molecule has 0 aromatic heterocycles. The van der Waals surface area contributed by atoms with Gasteiger partial charge in [0, 0.05) is 18.3 Å². The SMILES string of the molecule is O=C(CSC1CCCC1)N1CCCCC1. The smallest absolute Gasteiger partial charge is 0.232 e. The minimum Gasteiger partial charge on any atom is -0.342 e. The molecule has 1 amide bonds. The first-order valence-corrected chi connectivity index (χ1v) is 7.30. The lowest BCUT2D eigenvalue weighted by molar-refractivity contribution is -0.129. The van der Waals surface area contributed by atoms with Crippen molar-refractivity contribution in [3.8, 4) is 0 Å². The highest BCUT2D eigenvalue weighted by atomic mass is 32.2. The van der Waals surface area contributed by atoms with E-state index in [0.717, 1.165) is 24.1 Å². The highest BCUT2D eigenvalue weighted by Gasteiger charge is 2.20. The van der Waals surface area contributed by atoms with Gasteiger partial charge in [0.15, 0.2) is 0 Å². The fourth-order valence-corrected chi connectivity index (χ4v) is 3.71. The first-order valence-electron chi connectivity index (χ1n) is 6.25. The Kier molecular flexibility index (Phi) is 4.36. The Morgan fingerprint density at radius 1 is 1.07 bits per heavy atom. The van der Waals surface area contributed by atoms with Gasteiger partial charge in [-0.25, -0.2) is 0 Å². The highest BCUT2D eigenvalue weighted by Crippen LogP contribution is 2.29. The Morgan fingerprint density at radius 2 is 1.73 bits per heavy atom. The number of rotatable bonds is 3. The number of piperidine rings is 1. The van der Waals surface area contributed by atoms with E-state index in [1.807, 2.05) is 11.8 Å². The molecule has 15 heavy (non-hydrogen) atoms. The first-order chi connectivity index (χ1) is 7.36. The molecule has 3 heteroatoms. The topological polar surface area (TPSA) is 20.3 Å². The van der Waals surface area contributed by atoms with E-state index < -0.39 is 0 Å². The van der Waals surface area contributed by atoms with Gasteiger partial charge >= 0.3 is 0 Å². The number of carbonyl (C=O) groups is 1. The predicted octanol–water partition coefficient (Wildman–Crippen LogP) is 2.67. The maximum absolute atomic E-state index is 11.9. The lowest BCUT2D eigenvalue weighted by atomic mass is 10.1. The molecule has 2 rings (SSSR count). The van der Waals surface area contributed by atoms with Crippen LogP contribution in [0.3, 0.4) is 0 Å². The summed E-state index contributed by atoms with van der Waals surface area (Å²) in [5.74, 6) is 1.11. The van der Waals surface area contributed by atoms with Gasteiger partial charge in [0.05, 0.1) is 5.75 Å². The molecule has 1 aliphatic heterocycles. The molecule has 0 aromatic rings. The summed E-state index contributed by atoms with van der Waals surface area (Å²) in [5.41, 5.74) is 0. The molecule has 1 aliphatic carbocycles. The maximum Gasteiger partial charge on any atom is 0.232 e. The average Bonchev–Trinajstić information content (AvgIpc) is 2.80. The van der Waals surface area contributed by atoms with Crippen molar-refractivity contribution in [3.05, 3.63) is 0 Å². The van der Waals surface area contributed by atoms with Crippen LogP contribution in [-0.2, 0) is 4.79 Å². The minimum atomic E-state index is 0.381. The first kappa shape index (κ1) is 11.3. The van der Waals surface area contributed by atoms with Crippen LogP contribution in [0.4, 0.5) is 0 Å². The standard InChI is InChI=1S/C12H21NOS/c14-12(13-8-4-1-5-9-13)10-15-11-6-2-3-7-11/h11H,1-10H2. The van der Waals surface area contributed by atoms with Crippen molar-refractivity contribution in [2.75, 3.05) is 18.8 Å². The molecule has 0 N–H and O–H groups in total. The van der Waals surface area contributed by atoms with E-state index in [2.05, 4.69) is 4.90 Å². The largest absolute Gasteiger partial charge is 0.342 e. The third kappa shape index (κ3) is 3.40.